The molecule has 0 aliphatic carbocycles. The summed E-state index contributed by atoms with van der Waals surface area (Å²) >= 11 is 0. The molecule has 1 amide bonds. The lowest BCUT2D eigenvalue weighted by Gasteiger charge is -2.12. The maximum absolute atomic E-state index is 11.4. The van der Waals surface area contributed by atoms with Crippen LogP contribution in [0, 0.1) is 0 Å². The fourth-order valence-electron chi connectivity index (χ4n) is 1.17. The second kappa shape index (κ2) is 6.58. The molecule has 0 unspecified atom stereocenters. The van der Waals surface area contributed by atoms with Crippen molar-refractivity contribution < 1.29 is 10.0 Å². The van der Waals surface area contributed by atoms with Crippen molar-refractivity contribution in [2.45, 2.75) is 13.5 Å². The molecule has 0 aromatic heterocycles. The van der Waals surface area contributed by atoms with Crippen molar-refractivity contribution in [3.8, 4) is 0 Å². The van der Waals surface area contributed by atoms with Gasteiger partial charge in [-0.15, -0.1) is 0 Å². The van der Waals surface area contributed by atoms with E-state index < -0.39 is 5.91 Å². The summed E-state index contributed by atoms with van der Waals surface area (Å²) in [7, 11) is 0. The molecule has 1 rings (SSSR count). The molecule has 0 saturated carbocycles. The van der Waals surface area contributed by atoms with Gasteiger partial charge in [0.15, 0.2) is 0 Å². The topological polar surface area (TPSA) is 40.5 Å². The molecular weight excluding hydrogens is 202 g/mol. The van der Waals surface area contributed by atoms with Crippen LogP contribution in [0.2, 0.25) is 0 Å². The normalized spacial score (nSPS) is 11.1. The lowest BCUT2D eigenvalue weighted by Crippen LogP contribution is -2.24. The monoisotopic (exact) mass is 217 g/mol. The zero-order chi connectivity index (χ0) is 11.8. The number of allylic oxidation sites excluding steroid dienone is 3. The molecule has 1 N–H and O–H groups in total. The van der Waals surface area contributed by atoms with Crippen molar-refractivity contribution >= 4 is 5.91 Å². The summed E-state index contributed by atoms with van der Waals surface area (Å²) in [6, 6.07) is 9.32. The largest absolute Gasteiger partial charge is 0.285 e. The molecule has 0 heterocycles. The number of hydrogen-bond acceptors (Lipinski definition) is 2. The first-order valence-corrected chi connectivity index (χ1v) is 5.07. The zero-order valence-corrected chi connectivity index (χ0v) is 9.21. The van der Waals surface area contributed by atoms with Crippen LogP contribution < -0.4 is 0 Å². The standard InChI is InChI=1S/C13H15NO2/c1-2-3-5-10-13(15)14(16)11-12-8-6-4-7-9-12/h2-10,16H,11H2,1H3/b3-2+,10-5+. The highest BCUT2D eigenvalue weighted by Crippen LogP contribution is 2.02. The minimum absolute atomic E-state index is 0.194. The molecule has 3 heteroatoms. The van der Waals surface area contributed by atoms with E-state index in [0.717, 1.165) is 5.56 Å². The molecule has 3 nitrogen and oxygen atoms in total. The van der Waals surface area contributed by atoms with E-state index in [9.17, 15) is 10.0 Å². The van der Waals surface area contributed by atoms with Gasteiger partial charge in [-0.3, -0.25) is 10.0 Å². The quantitative estimate of drug-likeness (QED) is 0.364. The van der Waals surface area contributed by atoms with Crippen LogP contribution in [0.5, 0.6) is 0 Å². The van der Waals surface area contributed by atoms with E-state index in [1.54, 1.807) is 12.2 Å². The van der Waals surface area contributed by atoms with Crippen molar-refractivity contribution in [3.63, 3.8) is 0 Å². The number of benzene rings is 1. The molecule has 0 aliphatic rings. The second-order valence-electron chi connectivity index (χ2n) is 3.27. The van der Waals surface area contributed by atoms with Gasteiger partial charge in [0.1, 0.15) is 0 Å². The number of carbonyl (C=O) groups excluding carboxylic acids is 1. The first-order chi connectivity index (χ1) is 7.74. The van der Waals surface area contributed by atoms with Gasteiger partial charge in [-0.05, 0) is 12.5 Å². The van der Waals surface area contributed by atoms with Crippen molar-refractivity contribution in [1.82, 2.24) is 5.06 Å². The Kier molecular flexibility index (Phi) is 5.02. The lowest BCUT2D eigenvalue weighted by molar-refractivity contribution is -0.161. The Bertz CT molecular complexity index is 382. The third-order valence-corrected chi connectivity index (χ3v) is 1.97. The zero-order valence-electron chi connectivity index (χ0n) is 9.21. The SMILES string of the molecule is C/C=C/C=C/C(=O)N(O)Cc1ccccc1. The van der Waals surface area contributed by atoms with Gasteiger partial charge in [-0.1, -0.05) is 48.6 Å². The maximum atomic E-state index is 11.4. The predicted molar refractivity (Wildman–Crippen MR) is 62.7 cm³/mol. The fraction of sp³-hybridized carbons (Fsp3) is 0.154. The Morgan fingerprint density at radius 1 is 1.31 bits per heavy atom. The molecule has 0 aliphatic heterocycles. The molecule has 1 aromatic rings. The van der Waals surface area contributed by atoms with Gasteiger partial charge in [0.05, 0.1) is 6.54 Å². The van der Waals surface area contributed by atoms with Crippen LogP contribution in [-0.2, 0) is 11.3 Å². The second-order valence-corrected chi connectivity index (χ2v) is 3.27. The first-order valence-electron chi connectivity index (χ1n) is 5.07. The lowest BCUT2D eigenvalue weighted by atomic mass is 10.2. The summed E-state index contributed by atoms with van der Waals surface area (Å²) in [4.78, 5) is 11.4. The number of nitrogens with zero attached hydrogens (tertiary/aromatic N) is 1. The molecule has 0 fully saturated rings. The van der Waals surface area contributed by atoms with Gasteiger partial charge in [0, 0.05) is 6.08 Å². The van der Waals surface area contributed by atoms with E-state index in [1.807, 2.05) is 43.3 Å². The average molecular weight is 217 g/mol. The summed E-state index contributed by atoms with van der Waals surface area (Å²) in [5.41, 5.74) is 0.887. The van der Waals surface area contributed by atoms with Crippen LogP contribution in [0.3, 0.4) is 0 Å². The van der Waals surface area contributed by atoms with E-state index in [1.165, 1.54) is 6.08 Å². The first kappa shape index (κ1) is 12.2. The summed E-state index contributed by atoms with van der Waals surface area (Å²) in [6.07, 6.45) is 6.45. The number of hydrogen-bond donors (Lipinski definition) is 1. The molecule has 84 valence electrons. The summed E-state index contributed by atoms with van der Waals surface area (Å²) < 4.78 is 0. The Balaban J connectivity index is 2.52. The Hall–Kier alpha value is -1.87. The summed E-state index contributed by atoms with van der Waals surface area (Å²) in [5.74, 6) is -0.429. The maximum Gasteiger partial charge on any atom is 0.270 e. The highest BCUT2D eigenvalue weighted by Gasteiger charge is 2.06. The van der Waals surface area contributed by atoms with E-state index in [2.05, 4.69) is 0 Å². The molecule has 16 heavy (non-hydrogen) atoms. The number of amides is 1. The van der Waals surface area contributed by atoms with Gasteiger partial charge < -0.3 is 0 Å². The van der Waals surface area contributed by atoms with E-state index >= 15 is 0 Å². The van der Waals surface area contributed by atoms with Crippen LogP contribution in [-0.4, -0.2) is 16.2 Å². The van der Waals surface area contributed by atoms with Crippen molar-refractivity contribution in [1.29, 1.82) is 0 Å². The summed E-state index contributed by atoms with van der Waals surface area (Å²) in [6.45, 7) is 2.05. The number of carbonyl (C=O) groups is 1. The third kappa shape index (κ3) is 4.11. The molecule has 0 spiro atoms. The molecule has 1 aromatic carbocycles. The molecule has 0 bridgehead atoms. The average Bonchev–Trinajstić information content (AvgIpc) is 2.30. The van der Waals surface area contributed by atoms with Gasteiger partial charge in [0.2, 0.25) is 0 Å². The number of rotatable bonds is 4. The van der Waals surface area contributed by atoms with Crippen LogP contribution in [0.15, 0.2) is 54.6 Å². The minimum atomic E-state index is -0.429. The summed E-state index contributed by atoms with van der Waals surface area (Å²) in [5, 5.41) is 10.2. The highest BCUT2D eigenvalue weighted by atomic mass is 16.5. The minimum Gasteiger partial charge on any atom is -0.285 e. The van der Waals surface area contributed by atoms with Gasteiger partial charge in [0.25, 0.3) is 5.91 Å². The smallest absolute Gasteiger partial charge is 0.270 e. The van der Waals surface area contributed by atoms with Gasteiger partial charge in [-0.25, -0.2) is 5.06 Å². The van der Waals surface area contributed by atoms with Gasteiger partial charge >= 0.3 is 0 Å². The Morgan fingerprint density at radius 3 is 2.62 bits per heavy atom. The Morgan fingerprint density at radius 2 is 2.00 bits per heavy atom. The fourth-order valence-corrected chi connectivity index (χ4v) is 1.17. The van der Waals surface area contributed by atoms with Crippen molar-refractivity contribution in [2.75, 3.05) is 0 Å². The van der Waals surface area contributed by atoms with Crippen LogP contribution >= 0.6 is 0 Å². The predicted octanol–water partition coefficient (Wildman–Crippen LogP) is 2.54. The molecule has 0 saturated heterocycles. The third-order valence-electron chi connectivity index (χ3n) is 1.97. The van der Waals surface area contributed by atoms with Crippen molar-refractivity contribution in [2.24, 2.45) is 0 Å². The van der Waals surface area contributed by atoms with E-state index in [4.69, 9.17) is 0 Å². The van der Waals surface area contributed by atoms with E-state index in [0.29, 0.717) is 5.06 Å². The molecule has 0 radical (unpaired) electrons. The van der Waals surface area contributed by atoms with Crippen LogP contribution in [0.25, 0.3) is 0 Å². The van der Waals surface area contributed by atoms with Crippen LogP contribution in [0.4, 0.5) is 0 Å². The van der Waals surface area contributed by atoms with Gasteiger partial charge in [-0.2, -0.15) is 0 Å². The highest BCUT2D eigenvalue weighted by molar-refractivity contribution is 5.86. The number of hydroxylamine groups is 2. The van der Waals surface area contributed by atoms with Crippen LogP contribution in [0.1, 0.15) is 12.5 Å². The molecule has 0 atom stereocenters. The Labute approximate surface area is 95.3 Å². The van der Waals surface area contributed by atoms with E-state index in [-0.39, 0.29) is 6.54 Å². The van der Waals surface area contributed by atoms with Crippen molar-refractivity contribution in [3.05, 3.63) is 60.2 Å². The molecular formula is C13H15NO2.